The number of anilines is 1. The van der Waals surface area contributed by atoms with Crippen LogP contribution in [-0.2, 0) is 11.3 Å². The van der Waals surface area contributed by atoms with Gasteiger partial charge in [-0.3, -0.25) is 5.32 Å². The number of rotatable bonds is 8. The summed E-state index contributed by atoms with van der Waals surface area (Å²) in [6, 6.07) is 15.2. The van der Waals surface area contributed by atoms with Gasteiger partial charge in [-0.1, -0.05) is 30.3 Å². The highest BCUT2D eigenvalue weighted by molar-refractivity contribution is 5.89. The lowest BCUT2D eigenvalue weighted by molar-refractivity contribution is -0.153. The van der Waals surface area contributed by atoms with Crippen molar-refractivity contribution in [2.24, 2.45) is 0 Å². The Morgan fingerprint density at radius 3 is 2.33 bits per heavy atom. The van der Waals surface area contributed by atoms with Gasteiger partial charge in [0.2, 0.25) is 5.88 Å². The molecule has 3 heterocycles. The molecule has 9 nitrogen and oxygen atoms in total. The van der Waals surface area contributed by atoms with Crippen LogP contribution in [0.2, 0.25) is 0 Å². The highest BCUT2D eigenvalue weighted by Gasteiger charge is 2.30. The van der Waals surface area contributed by atoms with E-state index in [1.165, 1.54) is 22.8 Å². The van der Waals surface area contributed by atoms with Crippen molar-refractivity contribution < 1.29 is 41.0 Å². The van der Waals surface area contributed by atoms with Crippen LogP contribution in [0.5, 0.6) is 11.6 Å². The van der Waals surface area contributed by atoms with E-state index >= 15 is 8.78 Å². The Labute approximate surface area is 253 Å². The van der Waals surface area contributed by atoms with Crippen molar-refractivity contribution in [1.82, 2.24) is 19.5 Å². The maximum Gasteiger partial charge on any atom is 0.422 e. The van der Waals surface area contributed by atoms with Gasteiger partial charge in [0, 0.05) is 17.8 Å². The predicted molar refractivity (Wildman–Crippen MR) is 154 cm³/mol. The molecule has 0 aliphatic heterocycles. The van der Waals surface area contributed by atoms with Gasteiger partial charge in [0.05, 0.1) is 23.1 Å². The van der Waals surface area contributed by atoms with Crippen LogP contribution in [0.3, 0.4) is 0 Å². The second-order valence-corrected chi connectivity index (χ2v) is 10.8. The second-order valence-electron chi connectivity index (χ2n) is 10.8. The molecule has 5 aromatic rings. The van der Waals surface area contributed by atoms with E-state index in [9.17, 15) is 18.0 Å². The summed E-state index contributed by atoms with van der Waals surface area (Å²) in [4.78, 5) is 24.3. The monoisotopic (exact) mass is 627 g/mol. The molecular weight excluding hydrogens is 601 g/mol. The minimum atomic E-state index is -4.69. The Balaban J connectivity index is 1.57. The minimum absolute atomic E-state index is 0.0129. The number of pyridine rings is 1. The zero-order valence-corrected chi connectivity index (χ0v) is 24.2. The maximum absolute atomic E-state index is 15.6. The van der Waals surface area contributed by atoms with Crippen molar-refractivity contribution in [2.45, 2.75) is 39.2 Å². The van der Waals surface area contributed by atoms with Gasteiger partial charge in [0.15, 0.2) is 24.0 Å². The third kappa shape index (κ3) is 7.63. The molecule has 14 heteroatoms. The Kier molecular flexibility index (Phi) is 8.57. The summed E-state index contributed by atoms with van der Waals surface area (Å²) >= 11 is 0. The van der Waals surface area contributed by atoms with Crippen LogP contribution in [-0.4, -0.2) is 44.0 Å². The molecule has 0 spiro atoms. The first kappa shape index (κ1) is 31.2. The molecule has 0 radical (unpaired) electrons. The Bertz CT molecular complexity index is 1840. The van der Waals surface area contributed by atoms with E-state index in [0.29, 0.717) is 0 Å². The van der Waals surface area contributed by atoms with Crippen molar-refractivity contribution in [1.29, 1.82) is 0 Å². The molecule has 0 saturated heterocycles. The number of alkyl halides is 3. The van der Waals surface area contributed by atoms with E-state index in [1.807, 2.05) is 30.3 Å². The fourth-order valence-corrected chi connectivity index (χ4v) is 4.30. The first-order chi connectivity index (χ1) is 21.3. The molecule has 0 fully saturated rings. The van der Waals surface area contributed by atoms with Gasteiger partial charge >= 0.3 is 12.3 Å². The van der Waals surface area contributed by atoms with Gasteiger partial charge in [0.25, 0.3) is 0 Å². The fraction of sp³-hybridized carbons (Fsp3) is 0.226. The van der Waals surface area contributed by atoms with Gasteiger partial charge < -0.3 is 18.8 Å². The van der Waals surface area contributed by atoms with Crippen LogP contribution in [0.25, 0.3) is 28.1 Å². The van der Waals surface area contributed by atoms with Gasteiger partial charge in [-0.15, -0.1) is 0 Å². The smallest absolute Gasteiger partial charge is 0.422 e. The number of halogens is 5. The summed E-state index contributed by atoms with van der Waals surface area (Å²) in [6.07, 6.45) is -3.37. The van der Waals surface area contributed by atoms with Crippen molar-refractivity contribution in [2.75, 3.05) is 11.9 Å². The Morgan fingerprint density at radius 1 is 0.911 bits per heavy atom. The number of hydrogen-bond donors (Lipinski definition) is 1. The van der Waals surface area contributed by atoms with Crippen LogP contribution < -0.4 is 14.8 Å². The molecule has 5 rings (SSSR count). The third-order valence-electron chi connectivity index (χ3n) is 6.07. The van der Waals surface area contributed by atoms with E-state index in [1.54, 1.807) is 20.8 Å². The Morgan fingerprint density at radius 2 is 1.67 bits per heavy atom. The van der Waals surface area contributed by atoms with Crippen molar-refractivity contribution in [3.8, 4) is 28.7 Å². The molecule has 45 heavy (non-hydrogen) atoms. The van der Waals surface area contributed by atoms with Crippen LogP contribution >= 0.6 is 0 Å². The average molecular weight is 628 g/mol. The molecule has 0 bridgehead atoms. The van der Waals surface area contributed by atoms with Crippen LogP contribution in [0.4, 0.5) is 32.4 Å². The standard InChI is InChI=1S/C31H26F5N5O4/c1-30(2,3)45-29(42)40-19-11-22(33)26(37-14-19)24-13-23-27(28(39-17-38-23)44-16-31(34,35)36)41(24)20-9-10-25(21(32)12-20)43-15-18-7-5-4-6-8-18/h4-14,17H,15-16H2,1-3H3,(H,40,42). The van der Waals surface area contributed by atoms with Gasteiger partial charge in [-0.25, -0.2) is 23.5 Å². The largest absolute Gasteiger partial charge is 0.486 e. The topological polar surface area (TPSA) is 100 Å². The zero-order chi connectivity index (χ0) is 32.4. The number of ether oxygens (including phenoxy) is 3. The van der Waals surface area contributed by atoms with E-state index in [4.69, 9.17) is 14.2 Å². The lowest BCUT2D eigenvalue weighted by Crippen LogP contribution is -2.27. The number of benzene rings is 2. The molecule has 3 aromatic heterocycles. The summed E-state index contributed by atoms with van der Waals surface area (Å²) in [5.41, 5.74) is -0.280. The van der Waals surface area contributed by atoms with Gasteiger partial charge in [-0.05, 0) is 44.5 Å². The summed E-state index contributed by atoms with van der Waals surface area (Å²) in [7, 11) is 0. The van der Waals surface area contributed by atoms with Crippen molar-refractivity contribution >= 4 is 22.8 Å². The lowest BCUT2D eigenvalue weighted by Gasteiger charge is -2.19. The normalized spacial score (nSPS) is 11.8. The molecule has 0 aliphatic rings. The fourth-order valence-electron chi connectivity index (χ4n) is 4.30. The molecule has 234 valence electrons. The SMILES string of the molecule is CC(C)(C)OC(=O)Nc1cnc(-c2cc3ncnc(OCC(F)(F)F)c3n2-c2ccc(OCc3ccccc3)c(F)c2)c(F)c1. The number of nitrogens with one attached hydrogen (secondary N) is 1. The second kappa shape index (κ2) is 12.4. The van der Waals surface area contributed by atoms with Crippen molar-refractivity contribution in [3.05, 3.63) is 90.4 Å². The van der Waals surface area contributed by atoms with E-state index in [-0.39, 0.29) is 46.2 Å². The number of hydrogen-bond acceptors (Lipinski definition) is 7. The molecule has 1 amide bonds. The first-order valence-corrected chi connectivity index (χ1v) is 13.5. The summed E-state index contributed by atoms with van der Waals surface area (Å²) < 4.78 is 87.1. The molecule has 1 N–H and O–H groups in total. The third-order valence-corrected chi connectivity index (χ3v) is 6.07. The molecular formula is C31H26F5N5O4. The van der Waals surface area contributed by atoms with Crippen LogP contribution in [0, 0.1) is 11.6 Å². The quantitative estimate of drug-likeness (QED) is 0.177. The molecule has 0 atom stereocenters. The summed E-state index contributed by atoms with van der Waals surface area (Å²) in [5.74, 6) is -2.28. The van der Waals surface area contributed by atoms with Crippen molar-refractivity contribution in [3.63, 3.8) is 0 Å². The highest BCUT2D eigenvalue weighted by Crippen LogP contribution is 2.36. The number of amides is 1. The lowest BCUT2D eigenvalue weighted by atomic mass is 10.2. The highest BCUT2D eigenvalue weighted by atomic mass is 19.4. The van der Waals surface area contributed by atoms with E-state index in [2.05, 4.69) is 20.3 Å². The van der Waals surface area contributed by atoms with Gasteiger partial charge in [-0.2, -0.15) is 18.2 Å². The number of carbonyl (C=O) groups is 1. The summed E-state index contributed by atoms with van der Waals surface area (Å²) in [6.45, 7) is 3.39. The molecule has 0 unspecified atom stereocenters. The number of carbonyl (C=O) groups excluding carboxylic acids is 1. The first-order valence-electron chi connectivity index (χ1n) is 13.5. The molecule has 0 saturated carbocycles. The van der Waals surface area contributed by atoms with Gasteiger partial charge in [0.1, 0.15) is 29.7 Å². The number of fused-ring (bicyclic) bond motifs is 1. The van der Waals surface area contributed by atoms with Crippen LogP contribution in [0.15, 0.2) is 73.2 Å². The minimum Gasteiger partial charge on any atom is -0.486 e. The van der Waals surface area contributed by atoms with Crippen LogP contribution in [0.1, 0.15) is 26.3 Å². The average Bonchev–Trinajstić information content (AvgIpc) is 3.34. The van der Waals surface area contributed by atoms with E-state index in [0.717, 1.165) is 30.2 Å². The zero-order valence-electron chi connectivity index (χ0n) is 24.2. The molecule has 0 aliphatic carbocycles. The molecule has 2 aromatic carbocycles. The predicted octanol–water partition coefficient (Wildman–Crippen LogP) is 7.63. The number of aromatic nitrogens is 4. The number of nitrogens with zero attached hydrogens (tertiary/aromatic N) is 4. The maximum atomic E-state index is 15.6. The van der Waals surface area contributed by atoms with E-state index < -0.39 is 42.0 Å². The Hall–Kier alpha value is -5.27. The summed E-state index contributed by atoms with van der Waals surface area (Å²) in [5, 5.41) is 2.39.